The third kappa shape index (κ3) is 5.65. The van der Waals surface area contributed by atoms with E-state index in [9.17, 15) is 5.11 Å². The van der Waals surface area contributed by atoms with E-state index < -0.39 is 0 Å². The Labute approximate surface area is 112 Å². The van der Waals surface area contributed by atoms with Crippen molar-refractivity contribution in [3.63, 3.8) is 0 Å². The van der Waals surface area contributed by atoms with Crippen molar-refractivity contribution in [2.45, 2.75) is 51.7 Å². The van der Waals surface area contributed by atoms with Gasteiger partial charge in [-0.25, -0.2) is 0 Å². The third-order valence-corrected chi connectivity index (χ3v) is 3.73. The number of rotatable bonds is 8. The fourth-order valence-electron chi connectivity index (χ4n) is 2.59. The second kappa shape index (κ2) is 8.10. The van der Waals surface area contributed by atoms with E-state index in [-0.39, 0.29) is 12.1 Å². The van der Waals surface area contributed by atoms with Crippen LogP contribution in [0.3, 0.4) is 0 Å². The minimum Gasteiger partial charge on any atom is -0.394 e. The van der Waals surface area contributed by atoms with E-state index in [1.54, 1.807) is 0 Å². The Balaban J connectivity index is 2.13. The summed E-state index contributed by atoms with van der Waals surface area (Å²) in [6, 6.07) is 0. The number of likely N-dealkylation sites (N-methyl/N-ethyl adjacent to an activating group) is 1. The van der Waals surface area contributed by atoms with Gasteiger partial charge in [-0.2, -0.15) is 0 Å². The number of hydrogen-bond donors (Lipinski definition) is 2. The van der Waals surface area contributed by atoms with E-state index in [0.717, 1.165) is 45.6 Å². The SMILES string of the molecule is CCNC(C)(CO)CCCCN1CCOC(C)C1. The zero-order valence-corrected chi connectivity index (χ0v) is 12.2. The maximum Gasteiger partial charge on any atom is 0.0674 e. The van der Waals surface area contributed by atoms with E-state index in [2.05, 4.69) is 31.0 Å². The van der Waals surface area contributed by atoms with Crippen LogP contribution in [0.1, 0.15) is 40.0 Å². The van der Waals surface area contributed by atoms with E-state index in [0.29, 0.717) is 6.10 Å². The maximum absolute atomic E-state index is 9.41. The molecule has 0 amide bonds. The normalized spacial score (nSPS) is 25.0. The Kier molecular flexibility index (Phi) is 7.15. The minimum absolute atomic E-state index is 0.104. The molecule has 2 N–H and O–H groups in total. The van der Waals surface area contributed by atoms with E-state index >= 15 is 0 Å². The molecular formula is C14H30N2O2. The molecule has 1 saturated heterocycles. The van der Waals surface area contributed by atoms with Gasteiger partial charge in [0.15, 0.2) is 0 Å². The van der Waals surface area contributed by atoms with Crippen LogP contribution in [0, 0.1) is 0 Å². The molecule has 2 atom stereocenters. The summed E-state index contributed by atoms with van der Waals surface area (Å²) < 4.78 is 5.53. The fraction of sp³-hybridized carbons (Fsp3) is 1.00. The number of unbranched alkanes of at least 4 members (excludes halogenated alkanes) is 1. The molecule has 4 nitrogen and oxygen atoms in total. The van der Waals surface area contributed by atoms with Crippen LogP contribution < -0.4 is 5.32 Å². The lowest BCUT2D eigenvalue weighted by Gasteiger charge is -2.32. The van der Waals surface area contributed by atoms with Gasteiger partial charge in [0.25, 0.3) is 0 Å². The molecule has 0 aromatic carbocycles. The van der Waals surface area contributed by atoms with Gasteiger partial charge in [-0.3, -0.25) is 4.90 Å². The number of morpholine rings is 1. The standard InChI is InChI=1S/C14H30N2O2/c1-4-15-14(3,12-17)7-5-6-8-16-9-10-18-13(2)11-16/h13,15,17H,4-12H2,1-3H3. The molecular weight excluding hydrogens is 228 g/mol. The van der Waals surface area contributed by atoms with Gasteiger partial charge in [0.05, 0.1) is 19.3 Å². The Bertz CT molecular complexity index is 226. The van der Waals surface area contributed by atoms with Crippen molar-refractivity contribution in [2.75, 3.05) is 39.4 Å². The first-order chi connectivity index (χ1) is 8.59. The van der Waals surface area contributed by atoms with Crippen LogP contribution in [-0.2, 0) is 4.74 Å². The zero-order valence-electron chi connectivity index (χ0n) is 12.2. The molecule has 0 spiro atoms. The summed E-state index contributed by atoms with van der Waals surface area (Å²) in [7, 11) is 0. The summed E-state index contributed by atoms with van der Waals surface area (Å²) in [6.45, 7) is 11.6. The molecule has 0 bridgehead atoms. The number of hydrogen-bond acceptors (Lipinski definition) is 4. The molecule has 0 aliphatic carbocycles. The van der Waals surface area contributed by atoms with Gasteiger partial charge < -0.3 is 15.2 Å². The van der Waals surface area contributed by atoms with Crippen LogP contribution in [0.25, 0.3) is 0 Å². The smallest absolute Gasteiger partial charge is 0.0674 e. The molecule has 1 aliphatic heterocycles. The van der Waals surface area contributed by atoms with Crippen LogP contribution in [-0.4, -0.2) is 61.0 Å². The number of nitrogens with one attached hydrogen (secondary N) is 1. The minimum atomic E-state index is -0.104. The quantitative estimate of drug-likeness (QED) is 0.643. The highest BCUT2D eigenvalue weighted by Gasteiger charge is 2.21. The molecule has 1 rings (SSSR count). The van der Waals surface area contributed by atoms with Crippen LogP contribution in [0.15, 0.2) is 0 Å². The first-order valence-corrected chi connectivity index (χ1v) is 7.29. The Morgan fingerprint density at radius 1 is 1.44 bits per heavy atom. The van der Waals surface area contributed by atoms with Crippen molar-refractivity contribution >= 4 is 0 Å². The monoisotopic (exact) mass is 258 g/mol. The molecule has 0 radical (unpaired) electrons. The number of ether oxygens (including phenoxy) is 1. The summed E-state index contributed by atoms with van der Waals surface area (Å²) in [4.78, 5) is 2.48. The fourth-order valence-corrected chi connectivity index (χ4v) is 2.59. The molecule has 1 heterocycles. The van der Waals surface area contributed by atoms with Gasteiger partial charge in [0.2, 0.25) is 0 Å². The van der Waals surface area contributed by atoms with Crippen molar-refractivity contribution in [3.8, 4) is 0 Å². The lowest BCUT2D eigenvalue weighted by atomic mass is 9.95. The Morgan fingerprint density at radius 3 is 2.83 bits per heavy atom. The topological polar surface area (TPSA) is 44.7 Å². The molecule has 2 unspecified atom stereocenters. The van der Waals surface area contributed by atoms with Crippen LogP contribution >= 0.6 is 0 Å². The average Bonchev–Trinajstić information content (AvgIpc) is 2.35. The second-order valence-electron chi connectivity index (χ2n) is 5.69. The first kappa shape index (κ1) is 15.9. The van der Waals surface area contributed by atoms with Gasteiger partial charge in [0.1, 0.15) is 0 Å². The number of nitrogens with zero attached hydrogens (tertiary/aromatic N) is 1. The van der Waals surface area contributed by atoms with Gasteiger partial charge in [-0.1, -0.05) is 13.3 Å². The van der Waals surface area contributed by atoms with Crippen LogP contribution in [0.5, 0.6) is 0 Å². The highest BCUT2D eigenvalue weighted by atomic mass is 16.5. The van der Waals surface area contributed by atoms with Crippen LogP contribution in [0.4, 0.5) is 0 Å². The van der Waals surface area contributed by atoms with Crippen molar-refractivity contribution < 1.29 is 9.84 Å². The molecule has 4 heteroatoms. The van der Waals surface area contributed by atoms with Crippen molar-refractivity contribution in [1.82, 2.24) is 10.2 Å². The second-order valence-corrected chi connectivity index (χ2v) is 5.69. The van der Waals surface area contributed by atoms with Gasteiger partial charge >= 0.3 is 0 Å². The van der Waals surface area contributed by atoms with Crippen molar-refractivity contribution in [2.24, 2.45) is 0 Å². The molecule has 108 valence electrons. The molecule has 1 fully saturated rings. The Morgan fingerprint density at radius 2 is 2.22 bits per heavy atom. The lowest BCUT2D eigenvalue weighted by molar-refractivity contribution is -0.0188. The van der Waals surface area contributed by atoms with Gasteiger partial charge in [0, 0.05) is 18.6 Å². The highest BCUT2D eigenvalue weighted by molar-refractivity contribution is 4.81. The number of aliphatic hydroxyl groups excluding tert-OH is 1. The predicted molar refractivity (Wildman–Crippen MR) is 74.9 cm³/mol. The molecule has 18 heavy (non-hydrogen) atoms. The molecule has 0 aromatic heterocycles. The predicted octanol–water partition coefficient (Wildman–Crippen LogP) is 1.24. The summed E-state index contributed by atoms with van der Waals surface area (Å²) >= 11 is 0. The zero-order chi connectivity index (χ0) is 13.4. The molecule has 0 aromatic rings. The third-order valence-electron chi connectivity index (χ3n) is 3.73. The summed E-state index contributed by atoms with van der Waals surface area (Å²) in [5, 5.41) is 12.8. The van der Waals surface area contributed by atoms with Gasteiger partial charge in [-0.15, -0.1) is 0 Å². The summed E-state index contributed by atoms with van der Waals surface area (Å²) in [6.07, 6.45) is 3.78. The molecule has 1 aliphatic rings. The van der Waals surface area contributed by atoms with Crippen molar-refractivity contribution in [3.05, 3.63) is 0 Å². The van der Waals surface area contributed by atoms with Crippen molar-refractivity contribution in [1.29, 1.82) is 0 Å². The molecule has 0 saturated carbocycles. The van der Waals surface area contributed by atoms with Crippen LogP contribution in [0.2, 0.25) is 0 Å². The lowest BCUT2D eigenvalue weighted by Crippen LogP contribution is -2.45. The first-order valence-electron chi connectivity index (χ1n) is 7.29. The summed E-state index contributed by atoms with van der Waals surface area (Å²) in [5.41, 5.74) is -0.104. The van der Waals surface area contributed by atoms with E-state index in [1.165, 1.54) is 6.42 Å². The number of aliphatic hydroxyl groups is 1. The van der Waals surface area contributed by atoms with E-state index in [4.69, 9.17) is 4.74 Å². The van der Waals surface area contributed by atoms with E-state index in [1.807, 2.05) is 0 Å². The highest BCUT2D eigenvalue weighted by Crippen LogP contribution is 2.14. The maximum atomic E-state index is 9.41. The summed E-state index contributed by atoms with van der Waals surface area (Å²) in [5.74, 6) is 0. The Hall–Kier alpha value is -0.160. The average molecular weight is 258 g/mol. The largest absolute Gasteiger partial charge is 0.394 e. The van der Waals surface area contributed by atoms with Gasteiger partial charge in [-0.05, 0) is 39.8 Å².